The molecule has 170 valence electrons. The van der Waals surface area contributed by atoms with Gasteiger partial charge in [-0.2, -0.15) is 5.10 Å². The number of halogens is 1. The van der Waals surface area contributed by atoms with E-state index in [9.17, 15) is 13.2 Å². The van der Waals surface area contributed by atoms with E-state index in [0.29, 0.717) is 65.7 Å². The van der Waals surface area contributed by atoms with Gasteiger partial charge in [0.15, 0.2) is 0 Å². The van der Waals surface area contributed by atoms with Gasteiger partial charge in [0.25, 0.3) is 0 Å². The fourth-order valence-corrected chi connectivity index (χ4v) is 4.76. The number of hydrogen-bond acceptors (Lipinski definition) is 7. The molecule has 0 amide bonds. The van der Waals surface area contributed by atoms with Gasteiger partial charge in [-0.25, -0.2) is 32.2 Å². The number of benzene rings is 1. The van der Waals surface area contributed by atoms with Crippen LogP contribution in [0.5, 0.6) is 0 Å². The van der Waals surface area contributed by atoms with Gasteiger partial charge in [0.1, 0.15) is 6.29 Å². The largest absolute Gasteiger partial charge is 0.351 e. The molecule has 0 radical (unpaired) electrons. The molecule has 1 fully saturated rings. The van der Waals surface area contributed by atoms with Gasteiger partial charge in [-0.15, -0.1) is 0 Å². The summed E-state index contributed by atoms with van der Waals surface area (Å²) in [4.78, 5) is 23.2. The number of piperidine rings is 1. The Balaban J connectivity index is 1.56. The third-order valence-electron chi connectivity index (χ3n) is 5.36. The SMILES string of the molecule is [C-]#[N+]c1cnc(NC2CCN(S(C)(=O)=O)CC2)nc1-c1cnn(-c2ccc(C=O)cc2Cl)c1. The molecule has 1 aliphatic heterocycles. The quantitative estimate of drug-likeness (QED) is 0.421. The number of nitrogens with one attached hydrogen (secondary N) is 1. The summed E-state index contributed by atoms with van der Waals surface area (Å²) in [7, 11) is -3.20. The third kappa shape index (κ3) is 5.03. The minimum Gasteiger partial charge on any atom is -0.351 e. The van der Waals surface area contributed by atoms with Crippen molar-refractivity contribution in [3.8, 4) is 16.9 Å². The van der Waals surface area contributed by atoms with E-state index in [-0.39, 0.29) is 11.7 Å². The van der Waals surface area contributed by atoms with Crippen LogP contribution in [0.25, 0.3) is 21.8 Å². The van der Waals surface area contributed by atoms with Crippen LogP contribution in [0.15, 0.2) is 36.8 Å². The topological polar surface area (TPSA) is 114 Å². The molecule has 0 saturated carbocycles. The molecule has 1 aliphatic rings. The first-order valence-electron chi connectivity index (χ1n) is 10.0. The minimum atomic E-state index is -3.20. The third-order valence-corrected chi connectivity index (χ3v) is 6.96. The number of carbonyl (C=O) groups is 1. The molecule has 33 heavy (non-hydrogen) atoms. The Morgan fingerprint density at radius 2 is 2.03 bits per heavy atom. The first-order chi connectivity index (χ1) is 15.8. The molecule has 0 unspecified atom stereocenters. The lowest BCUT2D eigenvalue weighted by Crippen LogP contribution is -2.42. The predicted octanol–water partition coefficient (Wildman–Crippen LogP) is 3.18. The number of anilines is 1. The molecule has 0 spiro atoms. The highest BCUT2D eigenvalue weighted by Crippen LogP contribution is 2.30. The summed E-state index contributed by atoms with van der Waals surface area (Å²) >= 11 is 6.28. The molecule has 4 rings (SSSR count). The maximum atomic E-state index is 11.7. The number of sulfonamides is 1. The zero-order valence-electron chi connectivity index (χ0n) is 17.6. The molecule has 1 aromatic carbocycles. The summed E-state index contributed by atoms with van der Waals surface area (Å²) in [6, 6.07) is 4.90. The van der Waals surface area contributed by atoms with E-state index >= 15 is 0 Å². The van der Waals surface area contributed by atoms with Crippen LogP contribution in [0.2, 0.25) is 5.02 Å². The maximum Gasteiger partial charge on any atom is 0.231 e. The second kappa shape index (κ2) is 9.27. The van der Waals surface area contributed by atoms with Gasteiger partial charge in [-0.1, -0.05) is 11.6 Å². The van der Waals surface area contributed by atoms with Crippen LogP contribution < -0.4 is 5.32 Å². The lowest BCUT2D eigenvalue weighted by Gasteiger charge is -2.30. The van der Waals surface area contributed by atoms with E-state index in [1.807, 2.05) is 0 Å². The molecule has 3 aromatic rings. The second-order valence-electron chi connectivity index (χ2n) is 7.62. The number of aromatic nitrogens is 4. The van der Waals surface area contributed by atoms with E-state index in [0.717, 1.165) is 0 Å². The lowest BCUT2D eigenvalue weighted by molar-refractivity contribution is 0.112. The first-order valence-corrected chi connectivity index (χ1v) is 12.3. The van der Waals surface area contributed by atoms with Gasteiger partial charge in [0.05, 0.1) is 35.4 Å². The number of aldehydes is 1. The summed E-state index contributed by atoms with van der Waals surface area (Å²) in [5.41, 5.74) is 2.34. The summed E-state index contributed by atoms with van der Waals surface area (Å²) in [6.07, 6.45) is 7.91. The van der Waals surface area contributed by atoms with Crippen molar-refractivity contribution in [2.75, 3.05) is 24.7 Å². The summed E-state index contributed by atoms with van der Waals surface area (Å²) in [6.45, 7) is 8.33. The molecule has 12 heteroatoms. The van der Waals surface area contributed by atoms with Gasteiger partial charge in [-0.3, -0.25) is 4.79 Å². The molecular formula is C21H20ClN7O3S. The van der Waals surface area contributed by atoms with Crippen LogP contribution in [0.3, 0.4) is 0 Å². The molecule has 1 saturated heterocycles. The van der Waals surface area contributed by atoms with Crippen molar-refractivity contribution in [1.29, 1.82) is 0 Å². The monoisotopic (exact) mass is 485 g/mol. The Kier molecular flexibility index (Phi) is 6.42. The number of carbonyl (C=O) groups excluding carboxylic acids is 1. The average Bonchev–Trinajstić information content (AvgIpc) is 3.28. The molecule has 3 heterocycles. The Labute approximate surface area is 196 Å². The fraction of sp³-hybridized carbons (Fsp3) is 0.286. The van der Waals surface area contributed by atoms with Crippen molar-refractivity contribution < 1.29 is 13.2 Å². The summed E-state index contributed by atoms with van der Waals surface area (Å²) in [5, 5.41) is 7.94. The first kappa shape index (κ1) is 22.8. The molecule has 10 nitrogen and oxygen atoms in total. The van der Waals surface area contributed by atoms with Crippen molar-refractivity contribution in [2.45, 2.75) is 18.9 Å². The highest BCUT2D eigenvalue weighted by molar-refractivity contribution is 7.88. The van der Waals surface area contributed by atoms with Crippen LogP contribution in [0, 0.1) is 6.57 Å². The predicted molar refractivity (Wildman–Crippen MR) is 124 cm³/mol. The smallest absolute Gasteiger partial charge is 0.231 e. The van der Waals surface area contributed by atoms with Crippen LogP contribution in [0.4, 0.5) is 11.6 Å². The second-order valence-corrected chi connectivity index (χ2v) is 10.0. The normalized spacial score (nSPS) is 15.2. The summed E-state index contributed by atoms with van der Waals surface area (Å²) < 4.78 is 26.4. The number of hydrogen-bond donors (Lipinski definition) is 1. The van der Waals surface area contributed by atoms with Crippen molar-refractivity contribution in [3.05, 3.63) is 58.8 Å². The highest BCUT2D eigenvalue weighted by atomic mass is 35.5. The minimum absolute atomic E-state index is 0.0208. The van der Waals surface area contributed by atoms with Crippen molar-refractivity contribution in [2.24, 2.45) is 0 Å². The zero-order chi connectivity index (χ0) is 23.6. The van der Waals surface area contributed by atoms with E-state index in [1.165, 1.54) is 16.8 Å². The van der Waals surface area contributed by atoms with Crippen molar-refractivity contribution in [1.82, 2.24) is 24.1 Å². The van der Waals surface area contributed by atoms with Gasteiger partial charge in [-0.05, 0) is 31.0 Å². The van der Waals surface area contributed by atoms with Gasteiger partial charge in [0.2, 0.25) is 21.7 Å². The van der Waals surface area contributed by atoms with E-state index < -0.39 is 10.0 Å². The van der Waals surface area contributed by atoms with Crippen LogP contribution >= 0.6 is 11.6 Å². The van der Waals surface area contributed by atoms with Crippen molar-refractivity contribution in [3.63, 3.8) is 0 Å². The van der Waals surface area contributed by atoms with Crippen LogP contribution in [-0.2, 0) is 10.0 Å². The Morgan fingerprint density at radius 3 is 2.67 bits per heavy atom. The zero-order valence-corrected chi connectivity index (χ0v) is 19.2. The standard InChI is InChI=1S/C21H20ClN7O3S/c1-23-18-11-24-21(26-16-5-7-28(8-6-16)33(2,31)32)27-20(18)15-10-25-29(12-15)19-4-3-14(13-30)9-17(19)22/h3-4,9-13,16H,5-8H2,2H3,(H,24,26,27). The van der Waals surface area contributed by atoms with Gasteiger partial charge >= 0.3 is 0 Å². The molecular weight excluding hydrogens is 466 g/mol. The average molecular weight is 486 g/mol. The Hall–Kier alpha value is -3.33. The molecule has 0 bridgehead atoms. The van der Waals surface area contributed by atoms with Crippen molar-refractivity contribution >= 4 is 39.5 Å². The van der Waals surface area contributed by atoms with E-state index in [4.69, 9.17) is 18.2 Å². The highest BCUT2D eigenvalue weighted by Gasteiger charge is 2.25. The molecule has 0 atom stereocenters. The van der Waals surface area contributed by atoms with Crippen LogP contribution in [0.1, 0.15) is 23.2 Å². The Bertz CT molecular complexity index is 1340. The van der Waals surface area contributed by atoms with Crippen LogP contribution in [-0.4, -0.2) is 64.1 Å². The van der Waals surface area contributed by atoms with Gasteiger partial charge < -0.3 is 5.32 Å². The lowest BCUT2D eigenvalue weighted by atomic mass is 10.1. The molecule has 0 aliphatic carbocycles. The fourth-order valence-electron chi connectivity index (χ4n) is 3.61. The van der Waals surface area contributed by atoms with E-state index in [1.54, 1.807) is 35.3 Å². The van der Waals surface area contributed by atoms with Gasteiger partial charge in [0, 0.05) is 42.7 Å². The number of nitrogens with zero attached hydrogens (tertiary/aromatic N) is 6. The van der Waals surface area contributed by atoms with E-state index in [2.05, 4.69) is 25.2 Å². The summed E-state index contributed by atoms with van der Waals surface area (Å²) in [5.74, 6) is 0.358. The number of rotatable bonds is 6. The maximum absolute atomic E-state index is 11.7. The Morgan fingerprint density at radius 1 is 1.27 bits per heavy atom. The molecule has 2 aromatic heterocycles. The molecule has 1 N–H and O–H groups in total.